The fraction of sp³-hybridized carbons (Fsp3) is 0.571. The molecule has 0 spiro atoms. The number of thioether (sulfide) groups is 1. The van der Waals surface area contributed by atoms with Crippen LogP contribution in [0.25, 0.3) is 0 Å². The number of nitrogens with one attached hydrogen (secondary N) is 1. The van der Waals surface area contributed by atoms with Gasteiger partial charge in [-0.05, 0) is 18.6 Å². The molecule has 2 unspecified atom stereocenters. The largest absolute Gasteiger partial charge is 0.495 e. The van der Waals surface area contributed by atoms with Gasteiger partial charge in [0.25, 0.3) is 0 Å². The van der Waals surface area contributed by atoms with Crippen LogP contribution in [0.4, 0.5) is 5.69 Å². The van der Waals surface area contributed by atoms with Crippen molar-refractivity contribution in [3.05, 3.63) is 17.2 Å². The summed E-state index contributed by atoms with van der Waals surface area (Å²) in [6.07, 6.45) is 2.43. The van der Waals surface area contributed by atoms with Gasteiger partial charge >= 0.3 is 0 Å². The number of hydrogen-bond acceptors (Lipinski definition) is 4. The molecule has 19 heavy (non-hydrogen) atoms. The average Bonchev–Trinajstić information content (AvgIpc) is 2.42. The summed E-state index contributed by atoms with van der Waals surface area (Å²) < 4.78 is 10.7. The maximum absolute atomic E-state index is 6.11. The maximum Gasteiger partial charge on any atom is 0.143 e. The molecule has 0 bridgehead atoms. The minimum Gasteiger partial charge on any atom is -0.495 e. The van der Waals surface area contributed by atoms with Crippen LogP contribution < -0.4 is 14.8 Å². The predicted octanol–water partition coefficient (Wildman–Crippen LogP) is 4.05. The van der Waals surface area contributed by atoms with Crippen LogP contribution in [0.1, 0.15) is 19.8 Å². The van der Waals surface area contributed by atoms with Gasteiger partial charge in [0.15, 0.2) is 0 Å². The van der Waals surface area contributed by atoms with E-state index in [1.165, 1.54) is 18.6 Å². The van der Waals surface area contributed by atoms with Gasteiger partial charge in [-0.2, -0.15) is 11.8 Å². The summed E-state index contributed by atoms with van der Waals surface area (Å²) in [5.41, 5.74) is 0.947. The van der Waals surface area contributed by atoms with E-state index in [-0.39, 0.29) is 0 Å². The van der Waals surface area contributed by atoms with Crippen molar-refractivity contribution in [2.24, 2.45) is 0 Å². The first-order chi connectivity index (χ1) is 9.15. The lowest BCUT2D eigenvalue weighted by molar-refractivity contribution is 0.404. The molecule has 1 aromatic carbocycles. The van der Waals surface area contributed by atoms with Gasteiger partial charge in [-0.1, -0.05) is 18.5 Å². The molecule has 1 fully saturated rings. The number of rotatable bonds is 4. The van der Waals surface area contributed by atoms with E-state index in [2.05, 4.69) is 12.2 Å². The molecule has 1 N–H and O–H groups in total. The monoisotopic (exact) mass is 301 g/mol. The first-order valence-corrected chi connectivity index (χ1v) is 7.88. The molecule has 5 heteroatoms. The van der Waals surface area contributed by atoms with Crippen molar-refractivity contribution in [3.8, 4) is 11.5 Å². The normalized spacial score (nSPS) is 22.9. The van der Waals surface area contributed by atoms with Crippen LogP contribution in [0.3, 0.4) is 0 Å². The highest BCUT2D eigenvalue weighted by Crippen LogP contribution is 2.37. The van der Waals surface area contributed by atoms with E-state index < -0.39 is 0 Å². The Morgan fingerprint density at radius 1 is 1.26 bits per heavy atom. The van der Waals surface area contributed by atoms with Gasteiger partial charge in [0.05, 0.1) is 24.9 Å². The highest BCUT2D eigenvalue weighted by atomic mass is 35.5. The van der Waals surface area contributed by atoms with Gasteiger partial charge in [0.1, 0.15) is 11.5 Å². The SMILES string of the molecule is COc1cc(NC2CCCSC2C)c(OC)cc1Cl. The lowest BCUT2D eigenvalue weighted by atomic mass is 10.1. The molecule has 0 radical (unpaired) electrons. The highest BCUT2D eigenvalue weighted by molar-refractivity contribution is 8.00. The molecule has 1 aromatic rings. The molecule has 3 nitrogen and oxygen atoms in total. The Kier molecular flexibility index (Phi) is 5.11. The van der Waals surface area contributed by atoms with Gasteiger partial charge in [-0.15, -0.1) is 0 Å². The molecular formula is C14H20ClNO2S. The van der Waals surface area contributed by atoms with Gasteiger partial charge < -0.3 is 14.8 Å². The minimum absolute atomic E-state index is 0.457. The van der Waals surface area contributed by atoms with E-state index in [0.29, 0.717) is 22.1 Å². The zero-order valence-electron chi connectivity index (χ0n) is 11.5. The Hall–Kier alpha value is -0.740. The maximum atomic E-state index is 6.11. The standard InChI is InChI=1S/C14H20ClNO2S/c1-9-11(5-4-6-19-9)16-12-8-13(17-2)10(15)7-14(12)18-3/h7-9,11,16H,4-6H2,1-3H3. The predicted molar refractivity (Wildman–Crippen MR) is 83.1 cm³/mol. The molecule has 1 heterocycles. The van der Waals surface area contributed by atoms with Crippen LogP contribution in [-0.4, -0.2) is 31.3 Å². The van der Waals surface area contributed by atoms with Crippen LogP contribution in [0, 0.1) is 0 Å². The number of anilines is 1. The number of methoxy groups -OCH3 is 2. The molecule has 0 saturated carbocycles. The Morgan fingerprint density at radius 2 is 2.00 bits per heavy atom. The fourth-order valence-corrected chi connectivity index (χ4v) is 3.66. The third kappa shape index (κ3) is 3.42. The first-order valence-electron chi connectivity index (χ1n) is 6.45. The molecule has 106 valence electrons. The van der Waals surface area contributed by atoms with Crippen LogP contribution in [0.5, 0.6) is 11.5 Å². The molecule has 1 aliphatic rings. The number of hydrogen-bond donors (Lipinski definition) is 1. The molecule has 0 aliphatic carbocycles. The summed E-state index contributed by atoms with van der Waals surface area (Å²) in [4.78, 5) is 0. The zero-order chi connectivity index (χ0) is 13.8. The summed E-state index contributed by atoms with van der Waals surface area (Å²) in [7, 11) is 3.28. The lowest BCUT2D eigenvalue weighted by Gasteiger charge is -2.30. The summed E-state index contributed by atoms with van der Waals surface area (Å²) in [6, 6.07) is 4.16. The van der Waals surface area contributed by atoms with E-state index in [9.17, 15) is 0 Å². The van der Waals surface area contributed by atoms with Gasteiger partial charge in [0.2, 0.25) is 0 Å². The summed E-state index contributed by atoms with van der Waals surface area (Å²) >= 11 is 8.13. The minimum atomic E-state index is 0.457. The summed E-state index contributed by atoms with van der Waals surface area (Å²) in [5.74, 6) is 2.68. The molecule has 1 saturated heterocycles. The van der Waals surface area contributed by atoms with Crippen molar-refractivity contribution < 1.29 is 9.47 Å². The second-order valence-corrected chi connectivity index (χ2v) is 6.55. The Bertz CT molecular complexity index is 442. The third-order valence-corrected chi connectivity index (χ3v) is 5.10. The van der Waals surface area contributed by atoms with E-state index >= 15 is 0 Å². The molecular weight excluding hydrogens is 282 g/mol. The van der Waals surface area contributed by atoms with Gasteiger partial charge in [0, 0.05) is 23.4 Å². The van der Waals surface area contributed by atoms with Crippen molar-refractivity contribution in [2.45, 2.75) is 31.1 Å². The smallest absolute Gasteiger partial charge is 0.143 e. The molecule has 0 amide bonds. The number of ether oxygens (including phenoxy) is 2. The van der Waals surface area contributed by atoms with Crippen LogP contribution >= 0.6 is 23.4 Å². The summed E-state index contributed by atoms with van der Waals surface area (Å²) in [5, 5.41) is 4.73. The second-order valence-electron chi connectivity index (χ2n) is 4.66. The Balaban J connectivity index is 2.22. The van der Waals surface area contributed by atoms with Crippen molar-refractivity contribution in [1.29, 1.82) is 0 Å². The van der Waals surface area contributed by atoms with E-state index in [4.69, 9.17) is 21.1 Å². The first kappa shape index (κ1) is 14.7. The highest BCUT2D eigenvalue weighted by Gasteiger charge is 2.23. The van der Waals surface area contributed by atoms with E-state index in [1.807, 2.05) is 17.8 Å². The summed E-state index contributed by atoms with van der Waals surface area (Å²) in [6.45, 7) is 2.27. The van der Waals surface area contributed by atoms with Crippen molar-refractivity contribution in [1.82, 2.24) is 0 Å². The third-order valence-electron chi connectivity index (χ3n) is 3.42. The van der Waals surface area contributed by atoms with Gasteiger partial charge in [-0.25, -0.2) is 0 Å². The van der Waals surface area contributed by atoms with Crippen molar-refractivity contribution in [2.75, 3.05) is 25.3 Å². The molecule has 1 aliphatic heterocycles. The van der Waals surface area contributed by atoms with Crippen LogP contribution in [-0.2, 0) is 0 Å². The molecule has 2 rings (SSSR count). The number of benzene rings is 1. The van der Waals surface area contributed by atoms with E-state index in [1.54, 1.807) is 20.3 Å². The molecule has 0 aromatic heterocycles. The lowest BCUT2D eigenvalue weighted by Crippen LogP contribution is -2.32. The van der Waals surface area contributed by atoms with Crippen molar-refractivity contribution in [3.63, 3.8) is 0 Å². The quantitative estimate of drug-likeness (QED) is 0.909. The Labute approximate surface area is 124 Å². The van der Waals surface area contributed by atoms with Gasteiger partial charge in [-0.3, -0.25) is 0 Å². The van der Waals surface area contributed by atoms with Crippen LogP contribution in [0.15, 0.2) is 12.1 Å². The Morgan fingerprint density at radius 3 is 2.63 bits per heavy atom. The van der Waals surface area contributed by atoms with E-state index in [0.717, 1.165) is 11.4 Å². The van der Waals surface area contributed by atoms with Crippen LogP contribution in [0.2, 0.25) is 5.02 Å². The fourth-order valence-electron chi connectivity index (χ4n) is 2.29. The average molecular weight is 302 g/mol. The second kappa shape index (κ2) is 6.62. The molecule has 2 atom stereocenters. The topological polar surface area (TPSA) is 30.5 Å². The van der Waals surface area contributed by atoms with Crippen molar-refractivity contribution >= 4 is 29.1 Å². The number of halogens is 1. The zero-order valence-corrected chi connectivity index (χ0v) is 13.1.